The van der Waals surface area contributed by atoms with Crippen molar-refractivity contribution in [1.82, 2.24) is 4.90 Å². The lowest BCUT2D eigenvalue weighted by Crippen LogP contribution is -2.47. The Bertz CT molecular complexity index is 436. The van der Waals surface area contributed by atoms with Crippen LogP contribution in [0, 0.1) is 0 Å². The van der Waals surface area contributed by atoms with Gasteiger partial charge in [0, 0.05) is 12.1 Å². The predicted molar refractivity (Wildman–Crippen MR) is 64.4 cm³/mol. The van der Waals surface area contributed by atoms with Gasteiger partial charge < -0.3 is 14.7 Å². The first-order valence-electron chi connectivity index (χ1n) is 5.47. The molecule has 0 aliphatic carbocycles. The summed E-state index contributed by atoms with van der Waals surface area (Å²) in [6.45, 7) is 3.64. The number of carbonyl (C=O) groups excluding carboxylic acids is 1. The molecule has 1 unspecified atom stereocenters. The van der Waals surface area contributed by atoms with Crippen molar-refractivity contribution < 1.29 is 14.6 Å². The number of rotatable bonds is 1. The third-order valence-electron chi connectivity index (χ3n) is 2.82. The van der Waals surface area contributed by atoms with Crippen molar-refractivity contribution in [3.05, 3.63) is 28.8 Å². The lowest BCUT2D eigenvalue weighted by Gasteiger charge is -2.33. The number of hydrogen-bond acceptors (Lipinski definition) is 3. The molecular formula is C12H14ClNO3. The maximum Gasteiger partial charge on any atom is 0.254 e. The largest absolute Gasteiger partial charge is 0.506 e. The normalized spacial score (nSPS) is 20.4. The molecule has 2 rings (SSSR count). The monoisotopic (exact) mass is 255 g/mol. The highest BCUT2D eigenvalue weighted by molar-refractivity contribution is 6.32. The van der Waals surface area contributed by atoms with Gasteiger partial charge >= 0.3 is 0 Å². The maximum atomic E-state index is 12.2. The van der Waals surface area contributed by atoms with Gasteiger partial charge in [0.1, 0.15) is 5.75 Å². The Morgan fingerprint density at radius 3 is 3.00 bits per heavy atom. The molecule has 4 nitrogen and oxygen atoms in total. The average Bonchev–Trinajstić information content (AvgIpc) is 2.32. The molecular weight excluding hydrogens is 242 g/mol. The summed E-state index contributed by atoms with van der Waals surface area (Å²) in [6, 6.07) is 4.55. The summed E-state index contributed by atoms with van der Waals surface area (Å²) in [5.41, 5.74) is 0.488. The van der Waals surface area contributed by atoms with Crippen LogP contribution >= 0.6 is 11.6 Å². The summed E-state index contributed by atoms with van der Waals surface area (Å²) < 4.78 is 5.28. The smallest absolute Gasteiger partial charge is 0.254 e. The number of aromatic hydroxyl groups is 1. The molecule has 1 aromatic carbocycles. The highest BCUT2D eigenvalue weighted by atomic mass is 35.5. The highest BCUT2D eigenvalue weighted by Gasteiger charge is 2.24. The molecule has 0 aromatic heterocycles. The first-order valence-corrected chi connectivity index (χ1v) is 5.84. The Kier molecular flexibility index (Phi) is 3.54. The first kappa shape index (κ1) is 12.2. The molecule has 1 N–H and O–H groups in total. The molecule has 5 heteroatoms. The van der Waals surface area contributed by atoms with Gasteiger partial charge in [0.15, 0.2) is 0 Å². The topological polar surface area (TPSA) is 49.8 Å². The zero-order chi connectivity index (χ0) is 12.4. The molecule has 1 amide bonds. The zero-order valence-corrected chi connectivity index (χ0v) is 10.3. The number of carbonyl (C=O) groups is 1. The molecule has 0 saturated carbocycles. The summed E-state index contributed by atoms with van der Waals surface area (Å²) >= 11 is 5.79. The van der Waals surface area contributed by atoms with Gasteiger partial charge in [0.05, 0.1) is 24.3 Å². The van der Waals surface area contributed by atoms with E-state index < -0.39 is 0 Å². The number of nitrogens with zero attached hydrogens (tertiary/aromatic N) is 1. The molecule has 1 heterocycles. The van der Waals surface area contributed by atoms with Crippen LogP contribution < -0.4 is 0 Å². The fraction of sp³-hybridized carbons (Fsp3) is 0.417. The minimum atomic E-state index is -0.0808. The molecule has 0 radical (unpaired) electrons. The fourth-order valence-corrected chi connectivity index (χ4v) is 2.02. The fourth-order valence-electron chi connectivity index (χ4n) is 1.83. The van der Waals surface area contributed by atoms with E-state index >= 15 is 0 Å². The second-order valence-electron chi connectivity index (χ2n) is 4.09. The van der Waals surface area contributed by atoms with E-state index in [1.54, 1.807) is 11.0 Å². The molecule has 92 valence electrons. The predicted octanol–water partition coefficient (Wildman–Crippen LogP) is 1.91. The van der Waals surface area contributed by atoms with Gasteiger partial charge in [0.25, 0.3) is 5.91 Å². The second kappa shape index (κ2) is 4.94. The molecule has 1 saturated heterocycles. The standard InChI is InChI=1S/C12H14ClNO3/c1-8-7-17-5-4-14(8)12(16)9-2-3-11(15)10(13)6-9/h2-3,6,8,15H,4-5,7H2,1H3. The summed E-state index contributed by atoms with van der Waals surface area (Å²) in [5.74, 6) is -0.0963. The summed E-state index contributed by atoms with van der Waals surface area (Å²) in [6.07, 6.45) is 0. The quantitative estimate of drug-likeness (QED) is 0.834. The van der Waals surface area contributed by atoms with Crippen LogP contribution in [0.3, 0.4) is 0 Å². The Hall–Kier alpha value is -1.26. The van der Waals surface area contributed by atoms with Crippen LogP contribution in [0.4, 0.5) is 0 Å². The Labute approximate surface area is 105 Å². The van der Waals surface area contributed by atoms with Gasteiger partial charge in [-0.05, 0) is 25.1 Å². The van der Waals surface area contributed by atoms with E-state index in [2.05, 4.69) is 0 Å². The molecule has 0 bridgehead atoms. The van der Waals surface area contributed by atoms with E-state index in [9.17, 15) is 9.90 Å². The lowest BCUT2D eigenvalue weighted by molar-refractivity contribution is 0.00359. The van der Waals surface area contributed by atoms with Crippen molar-refractivity contribution in [2.45, 2.75) is 13.0 Å². The lowest BCUT2D eigenvalue weighted by atomic mass is 10.1. The van der Waals surface area contributed by atoms with Gasteiger partial charge in [-0.1, -0.05) is 11.6 Å². The van der Waals surface area contributed by atoms with E-state index in [1.807, 2.05) is 6.92 Å². The van der Waals surface area contributed by atoms with Crippen molar-refractivity contribution in [2.75, 3.05) is 19.8 Å². The molecule has 1 fully saturated rings. The Balaban J connectivity index is 2.21. The third kappa shape index (κ3) is 2.53. The molecule has 1 aromatic rings. The van der Waals surface area contributed by atoms with Crippen LogP contribution in [0.2, 0.25) is 5.02 Å². The van der Waals surface area contributed by atoms with Crippen LogP contribution in [0.1, 0.15) is 17.3 Å². The summed E-state index contributed by atoms with van der Waals surface area (Å²) in [4.78, 5) is 14.0. The third-order valence-corrected chi connectivity index (χ3v) is 3.13. The number of ether oxygens (including phenoxy) is 1. The van der Waals surface area contributed by atoms with Crippen LogP contribution in [0.25, 0.3) is 0 Å². The van der Waals surface area contributed by atoms with Crippen LogP contribution in [-0.2, 0) is 4.74 Å². The SMILES string of the molecule is CC1COCCN1C(=O)c1ccc(O)c(Cl)c1. The number of benzene rings is 1. The van der Waals surface area contributed by atoms with Crippen molar-refractivity contribution >= 4 is 17.5 Å². The van der Waals surface area contributed by atoms with E-state index in [1.165, 1.54) is 12.1 Å². The zero-order valence-electron chi connectivity index (χ0n) is 9.52. The van der Waals surface area contributed by atoms with Crippen molar-refractivity contribution in [2.24, 2.45) is 0 Å². The van der Waals surface area contributed by atoms with Crippen molar-refractivity contribution in [3.8, 4) is 5.75 Å². The molecule has 1 atom stereocenters. The van der Waals surface area contributed by atoms with Gasteiger partial charge in [0.2, 0.25) is 0 Å². The number of morpholine rings is 1. The average molecular weight is 256 g/mol. The maximum absolute atomic E-state index is 12.2. The number of hydrogen-bond donors (Lipinski definition) is 1. The second-order valence-corrected chi connectivity index (χ2v) is 4.50. The van der Waals surface area contributed by atoms with E-state index in [-0.39, 0.29) is 22.7 Å². The Morgan fingerprint density at radius 1 is 1.59 bits per heavy atom. The number of phenolic OH excluding ortho intramolecular Hbond substituents is 1. The van der Waals surface area contributed by atoms with Crippen molar-refractivity contribution in [1.29, 1.82) is 0 Å². The van der Waals surface area contributed by atoms with Gasteiger partial charge in [-0.2, -0.15) is 0 Å². The van der Waals surface area contributed by atoms with E-state index in [0.29, 0.717) is 25.3 Å². The van der Waals surface area contributed by atoms with E-state index in [0.717, 1.165) is 0 Å². The highest BCUT2D eigenvalue weighted by Crippen LogP contribution is 2.24. The first-order chi connectivity index (χ1) is 8.09. The minimum absolute atomic E-state index is 0.0155. The van der Waals surface area contributed by atoms with Crippen LogP contribution in [0.5, 0.6) is 5.75 Å². The van der Waals surface area contributed by atoms with Gasteiger partial charge in [-0.3, -0.25) is 4.79 Å². The minimum Gasteiger partial charge on any atom is -0.506 e. The summed E-state index contributed by atoms with van der Waals surface area (Å²) in [5, 5.41) is 9.50. The Morgan fingerprint density at radius 2 is 2.35 bits per heavy atom. The number of phenols is 1. The number of halogens is 1. The molecule has 0 spiro atoms. The van der Waals surface area contributed by atoms with Gasteiger partial charge in [-0.15, -0.1) is 0 Å². The van der Waals surface area contributed by atoms with Crippen LogP contribution in [0.15, 0.2) is 18.2 Å². The van der Waals surface area contributed by atoms with Crippen molar-refractivity contribution in [3.63, 3.8) is 0 Å². The molecule has 1 aliphatic heterocycles. The van der Waals surface area contributed by atoms with Gasteiger partial charge in [-0.25, -0.2) is 0 Å². The van der Waals surface area contributed by atoms with Crippen LogP contribution in [-0.4, -0.2) is 41.7 Å². The molecule has 1 aliphatic rings. The number of amides is 1. The summed E-state index contributed by atoms with van der Waals surface area (Å²) in [7, 11) is 0. The van der Waals surface area contributed by atoms with E-state index in [4.69, 9.17) is 16.3 Å². The molecule has 17 heavy (non-hydrogen) atoms.